The first-order chi connectivity index (χ1) is 8.67. The molecule has 3 heteroatoms. The molecule has 0 aromatic heterocycles. The highest BCUT2D eigenvalue weighted by Crippen LogP contribution is 2.31. The standard InChI is InChI=1S/C15H24N2O/c1-13-6-4-5-7-14(13)17(3)11-15(10-16-2)8-9-18-12-15/h4-7,16H,8-12H2,1-3H3. The van der Waals surface area contributed by atoms with Crippen LogP contribution in [-0.4, -0.2) is 40.4 Å². The van der Waals surface area contributed by atoms with Crippen molar-refractivity contribution in [1.29, 1.82) is 0 Å². The second kappa shape index (κ2) is 5.72. The van der Waals surface area contributed by atoms with Crippen molar-refractivity contribution in [3.63, 3.8) is 0 Å². The zero-order chi connectivity index (χ0) is 13.0. The molecule has 1 atom stereocenters. The van der Waals surface area contributed by atoms with Crippen molar-refractivity contribution in [2.24, 2.45) is 5.41 Å². The first-order valence-corrected chi connectivity index (χ1v) is 6.66. The number of rotatable bonds is 5. The molecule has 1 fully saturated rings. The Morgan fingerprint density at radius 2 is 2.17 bits per heavy atom. The molecule has 3 nitrogen and oxygen atoms in total. The lowest BCUT2D eigenvalue weighted by molar-refractivity contribution is 0.154. The van der Waals surface area contributed by atoms with Crippen molar-refractivity contribution in [2.45, 2.75) is 13.3 Å². The number of hydrogen-bond acceptors (Lipinski definition) is 3. The molecule has 0 radical (unpaired) electrons. The number of ether oxygens (including phenoxy) is 1. The van der Waals surface area contributed by atoms with Gasteiger partial charge in [0.05, 0.1) is 6.61 Å². The number of aryl methyl sites for hydroxylation is 1. The van der Waals surface area contributed by atoms with E-state index in [4.69, 9.17) is 4.74 Å². The summed E-state index contributed by atoms with van der Waals surface area (Å²) in [7, 11) is 4.20. The summed E-state index contributed by atoms with van der Waals surface area (Å²) in [6, 6.07) is 8.56. The highest BCUT2D eigenvalue weighted by atomic mass is 16.5. The average Bonchev–Trinajstić information content (AvgIpc) is 2.78. The summed E-state index contributed by atoms with van der Waals surface area (Å²) >= 11 is 0. The van der Waals surface area contributed by atoms with E-state index >= 15 is 0 Å². The van der Waals surface area contributed by atoms with Gasteiger partial charge in [-0.15, -0.1) is 0 Å². The molecule has 2 rings (SSSR count). The van der Waals surface area contributed by atoms with Crippen LogP contribution in [0.1, 0.15) is 12.0 Å². The zero-order valence-corrected chi connectivity index (χ0v) is 11.7. The van der Waals surface area contributed by atoms with Crippen LogP contribution in [0.25, 0.3) is 0 Å². The van der Waals surface area contributed by atoms with Crippen molar-refractivity contribution < 1.29 is 4.74 Å². The van der Waals surface area contributed by atoms with Crippen LogP contribution in [0.2, 0.25) is 0 Å². The first kappa shape index (κ1) is 13.4. The van der Waals surface area contributed by atoms with Crippen molar-refractivity contribution in [2.75, 3.05) is 45.3 Å². The lowest BCUT2D eigenvalue weighted by Crippen LogP contribution is -2.43. The summed E-state index contributed by atoms with van der Waals surface area (Å²) in [5.41, 5.74) is 2.91. The molecule has 1 aromatic carbocycles. The number of nitrogens with one attached hydrogen (secondary N) is 1. The van der Waals surface area contributed by atoms with Gasteiger partial charge >= 0.3 is 0 Å². The third kappa shape index (κ3) is 2.85. The molecule has 1 unspecified atom stereocenters. The van der Waals surface area contributed by atoms with Crippen LogP contribution in [0.5, 0.6) is 0 Å². The Kier molecular flexibility index (Phi) is 4.25. The fourth-order valence-electron chi connectivity index (χ4n) is 2.92. The minimum Gasteiger partial charge on any atom is -0.381 e. The van der Waals surface area contributed by atoms with Gasteiger partial charge in [0, 0.05) is 37.8 Å². The lowest BCUT2D eigenvalue weighted by Gasteiger charge is -2.34. The monoisotopic (exact) mass is 248 g/mol. The van der Waals surface area contributed by atoms with Crippen LogP contribution in [0, 0.1) is 12.3 Å². The van der Waals surface area contributed by atoms with Crippen molar-refractivity contribution in [1.82, 2.24) is 5.32 Å². The molecule has 18 heavy (non-hydrogen) atoms. The van der Waals surface area contributed by atoms with Gasteiger partial charge in [0.1, 0.15) is 0 Å². The molecule has 1 heterocycles. The summed E-state index contributed by atoms with van der Waals surface area (Å²) in [5, 5.41) is 3.32. The van der Waals surface area contributed by atoms with Gasteiger partial charge in [-0.2, -0.15) is 0 Å². The van der Waals surface area contributed by atoms with Gasteiger partial charge in [0.25, 0.3) is 0 Å². The van der Waals surface area contributed by atoms with Gasteiger partial charge in [0.15, 0.2) is 0 Å². The van der Waals surface area contributed by atoms with E-state index in [1.54, 1.807) is 0 Å². The minimum atomic E-state index is 0.256. The molecular formula is C15H24N2O. The lowest BCUT2D eigenvalue weighted by atomic mass is 9.86. The van der Waals surface area contributed by atoms with Gasteiger partial charge in [0.2, 0.25) is 0 Å². The predicted molar refractivity (Wildman–Crippen MR) is 76.2 cm³/mol. The summed E-state index contributed by atoms with van der Waals surface area (Å²) in [4.78, 5) is 2.36. The van der Waals surface area contributed by atoms with E-state index in [2.05, 4.69) is 48.5 Å². The SMILES string of the molecule is CNCC1(CN(C)c2ccccc2C)CCOC1. The molecule has 1 saturated heterocycles. The third-order valence-corrected chi connectivity index (χ3v) is 3.84. The zero-order valence-electron chi connectivity index (χ0n) is 11.7. The van der Waals surface area contributed by atoms with Gasteiger partial charge in [-0.1, -0.05) is 18.2 Å². The van der Waals surface area contributed by atoms with E-state index in [1.165, 1.54) is 11.3 Å². The molecule has 0 saturated carbocycles. The van der Waals surface area contributed by atoms with Crippen molar-refractivity contribution >= 4 is 5.69 Å². The van der Waals surface area contributed by atoms with E-state index in [-0.39, 0.29) is 5.41 Å². The number of benzene rings is 1. The van der Waals surface area contributed by atoms with Crippen LogP contribution in [0.3, 0.4) is 0 Å². The second-order valence-corrected chi connectivity index (χ2v) is 5.48. The molecule has 0 aliphatic carbocycles. The molecule has 0 amide bonds. The fraction of sp³-hybridized carbons (Fsp3) is 0.600. The van der Waals surface area contributed by atoms with Crippen LogP contribution < -0.4 is 10.2 Å². The Labute approximate surface area is 110 Å². The number of para-hydroxylation sites is 1. The maximum Gasteiger partial charge on any atom is 0.0552 e. The minimum absolute atomic E-state index is 0.256. The molecule has 1 aliphatic rings. The van der Waals surface area contributed by atoms with Crippen molar-refractivity contribution in [3.05, 3.63) is 29.8 Å². The Hall–Kier alpha value is -1.06. The summed E-state index contributed by atoms with van der Waals surface area (Å²) in [6.07, 6.45) is 1.14. The molecule has 1 aliphatic heterocycles. The molecule has 1 N–H and O–H groups in total. The third-order valence-electron chi connectivity index (χ3n) is 3.84. The fourth-order valence-corrected chi connectivity index (χ4v) is 2.92. The van der Waals surface area contributed by atoms with Gasteiger partial charge < -0.3 is 15.0 Å². The Morgan fingerprint density at radius 1 is 1.39 bits per heavy atom. The molecule has 1 aromatic rings. The Balaban J connectivity index is 2.10. The summed E-state index contributed by atoms with van der Waals surface area (Å²) < 4.78 is 5.61. The molecule has 0 bridgehead atoms. The van der Waals surface area contributed by atoms with E-state index in [1.807, 2.05) is 7.05 Å². The van der Waals surface area contributed by atoms with E-state index in [0.717, 1.165) is 32.7 Å². The largest absolute Gasteiger partial charge is 0.381 e. The van der Waals surface area contributed by atoms with Crippen LogP contribution in [-0.2, 0) is 4.74 Å². The maximum atomic E-state index is 5.61. The average molecular weight is 248 g/mol. The number of anilines is 1. The van der Waals surface area contributed by atoms with Crippen molar-refractivity contribution in [3.8, 4) is 0 Å². The Morgan fingerprint density at radius 3 is 2.78 bits per heavy atom. The second-order valence-electron chi connectivity index (χ2n) is 5.48. The van der Waals surface area contributed by atoms with Crippen LogP contribution in [0.4, 0.5) is 5.69 Å². The molecular weight excluding hydrogens is 224 g/mol. The van der Waals surface area contributed by atoms with Gasteiger partial charge in [-0.3, -0.25) is 0 Å². The first-order valence-electron chi connectivity index (χ1n) is 6.66. The van der Waals surface area contributed by atoms with E-state index in [0.29, 0.717) is 0 Å². The molecule has 0 spiro atoms. The molecule has 100 valence electrons. The highest BCUT2D eigenvalue weighted by molar-refractivity contribution is 5.52. The smallest absolute Gasteiger partial charge is 0.0552 e. The number of hydrogen-bond donors (Lipinski definition) is 1. The maximum absolute atomic E-state index is 5.61. The van der Waals surface area contributed by atoms with E-state index < -0.39 is 0 Å². The Bertz CT molecular complexity index is 386. The summed E-state index contributed by atoms with van der Waals surface area (Å²) in [6.45, 7) is 5.98. The highest BCUT2D eigenvalue weighted by Gasteiger charge is 2.35. The number of nitrogens with zero attached hydrogens (tertiary/aromatic N) is 1. The van der Waals surface area contributed by atoms with Crippen LogP contribution >= 0.6 is 0 Å². The normalized spacial score (nSPS) is 23.3. The summed E-state index contributed by atoms with van der Waals surface area (Å²) in [5.74, 6) is 0. The van der Waals surface area contributed by atoms with Gasteiger partial charge in [-0.25, -0.2) is 0 Å². The van der Waals surface area contributed by atoms with Gasteiger partial charge in [-0.05, 0) is 32.0 Å². The quantitative estimate of drug-likeness (QED) is 0.863. The predicted octanol–water partition coefficient (Wildman–Crippen LogP) is 2.06. The topological polar surface area (TPSA) is 24.5 Å². The van der Waals surface area contributed by atoms with E-state index in [9.17, 15) is 0 Å². The van der Waals surface area contributed by atoms with Crippen LogP contribution in [0.15, 0.2) is 24.3 Å².